The van der Waals surface area contributed by atoms with Gasteiger partial charge in [-0.25, -0.2) is 4.79 Å². The van der Waals surface area contributed by atoms with Gasteiger partial charge in [0.25, 0.3) is 0 Å². The summed E-state index contributed by atoms with van der Waals surface area (Å²) in [5.74, 6) is -3.95. The van der Waals surface area contributed by atoms with E-state index in [2.05, 4.69) is 14.8 Å². The van der Waals surface area contributed by atoms with Crippen molar-refractivity contribution in [3.63, 3.8) is 0 Å². The Labute approximate surface area is 183 Å². The van der Waals surface area contributed by atoms with Crippen LogP contribution < -0.4 is 5.32 Å². The molecule has 14 heteroatoms. The highest BCUT2D eigenvalue weighted by atomic mass is 16.7. The predicted molar refractivity (Wildman–Crippen MR) is 101 cm³/mol. The van der Waals surface area contributed by atoms with E-state index in [0.29, 0.717) is 0 Å². The number of esters is 5. The number of carbonyl (C=O) groups is 5. The molecular weight excluding hydrogens is 434 g/mol. The minimum Gasteiger partial charge on any atom is -0.463 e. The van der Waals surface area contributed by atoms with Crippen LogP contribution in [0.15, 0.2) is 0 Å². The van der Waals surface area contributed by atoms with Gasteiger partial charge in [0.15, 0.2) is 24.5 Å². The maximum atomic E-state index is 11.7. The van der Waals surface area contributed by atoms with Crippen molar-refractivity contribution in [2.75, 3.05) is 20.3 Å². The van der Waals surface area contributed by atoms with E-state index in [9.17, 15) is 24.0 Å². The molecule has 14 nitrogen and oxygen atoms in total. The number of ether oxygens (including phenoxy) is 6. The second-order valence-electron chi connectivity index (χ2n) is 6.54. The second-order valence-corrected chi connectivity index (χ2v) is 6.54. The smallest absolute Gasteiger partial charge is 0.418 e. The summed E-state index contributed by atoms with van der Waals surface area (Å²) in [4.78, 5) is 60.8. The number of nitrogens with one attached hydrogen (secondary N) is 1. The summed E-state index contributed by atoms with van der Waals surface area (Å²) in [6.07, 6.45) is -6.50. The van der Waals surface area contributed by atoms with E-state index in [1.54, 1.807) is 0 Å². The molecule has 0 radical (unpaired) electrons. The average Bonchev–Trinajstić information content (AvgIpc) is 2.69. The van der Waals surface area contributed by atoms with Crippen LogP contribution in [0.4, 0.5) is 0 Å². The maximum Gasteiger partial charge on any atom is 0.418 e. The Hall–Kier alpha value is -3.35. The molecule has 0 aromatic carbocycles. The summed E-state index contributed by atoms with van der Waals surface area (Å²) in [6.45, 7) is 3.58. The van der Waals surface area contributed by atoms with Crippen molar-refractivity contribution in [1.29, 1.82) is 0 Å². The molecule has 0 aromatic rings. The van der Waals surface area contributed by atoms with Crippen LogP contribution in [0.3, 0.4) is 0 Å². The van der Waals surface area contributed by atoms with E-state index in [4.69, 9.17) is 29.2 Å². The van der Waals surface area contributed by atoms with Gasteiger partial charge in [0.2, 0.25) is 0 Å². The summed E-state index contributed by atoms with van der Waals surface area (Å²) < 4.78 is 30.9. The Morgan fingerprint density at radius 1 is 0.875 bits per heavy atom. The van der Waals surface area contributed by atoms with Gasteiger partial charge in [-0.05, 0) is 0 Å². The number of hydrogen-bond donors (Lipinski definition) is 1. The first-order valence-corrected chi connectivity index (χ1v) is 9.33. The summed E-state index contributed by atoms with van der Waals surface area (Å²) in [5.41, 5.74) is 8.57. The summed E-state index contributed by atoms with van der Waals surface area (Å²) in [5, 5.41) is 2.67. The number of hydrogen-bond acceptors (Lipinski definition) is 12. The monoisotopic (exact) mass is 459 g/mol. The first kappa shape index (κ1) is 26.7. The molecule has 1 aliphatic heterocycles. The first-order valence-electron chi connectivity index (χ1n) is 9.33. The topological polar surface area (TPSA) is 189 Å². The van der Waals surface area contributed by atoms with E-state index in [1.165, 1.54) is 0 Å². The lowest BCUT2D eigenvalue weighted by atomic mass is 9.97. The molecule has 1 N–H and O–H groups in total. The van der Waals surface area contributed by atoms with Crippen molar-refractivity contribution in [1.82, 2.24) is 5.32 Å². The lowest BCUT2D eigenvalue weighted by molar-refractivity contribution is -0.257. The Balaban J connectivity index is 3.33. The zero-order valence-electron chi connectivity index (χ0n) is 18.2. The van der Waals surface area contributed by atoms with Gasteiger partial charge in [-0.3, -0.25) is 24.5 Å². The Morgan fingerprint density at radius 2 is 1.41 bits per heavy atom. The van der Waals surface area contributed by atoms with Crippen LogP contribution in [0.2, 0.25) is 0 Å². The fraction of sp³-hybridized carbons (Fsp3) is 0.667. The molecule has 0 bridgehead atoms. The minimum absolute atomic E-state index is 0.409. The molecule has 5 atom stereocenters. The van der Waals surface area contributed by atoms with E-state index >= 15 is 0 Å². The molecule has 0 saturated carbocycles. The maximum absolute atomic E-state index is 11.7. The predicted octanol–water partition coefficient (Wildman–Crippen LogP) is -1.50. The van der Waals surface area contributed by atoms with Crippen molar-refractivity contribution in [3.8, 4) is 0 Å². The number of rotatable bonds is 9. The molecule has 1 heterocycles. The SMILES string of the molecule is COC(=O)C(CN[C@@H]1O[C@H](COC(C)=O)[C@@H](OC(C)=O)[C@H](OC(C)=O)[C@H]1OC(C)=O)=[N+]=[N-]. The first-order chi connectivity index (χ1) is 15.0. The molecule has 0 aromatic heterocycles. The van der Waals surface area contributed by atoms with Gasteiger partial charge >= 0.3 is 35.6 Å². The van der Waals surface area contributed by atoms with Crippen LogP contribution in [0, 0.1) is 0 Å². The van der Waals surface area contributed by atoms with Crippen LogP contribution in [-0.2, 0) is 52.4 Å². The van der Waals surface area contributed by atoms with Gasteiger partial charge in [-0.1, -0.05) is 0 Å². The van der Waals surface area contributed by atoms with Gasteiger partial charge in [-0.2, -0.15) is 4.79 Å². The van der Waals surface area contributed by atoms with Gasteiger partial charge in [0.05, 0.1) is 7.11 Å². The molecule has 32 heavy (non-hydrogen) atoms. The number of carbonyl (C=O) groups excluding carboxylic acids is 5. The van der Waals surface area contributed by atoms with Gasteiger partial charge in [0, 0.05) is 27.7 Å². The summed E-state index contributed by atoms with van der Waals surface area (Å²) in [6, 6.07) is 0. The zero-order valence-corrected chi connectivity index (χ0v) is 18.2. The molecule has 178 valence electrons. The van der Waals surface area contributed by atoms with Crippen molar-refractivity contribution >= 4 is 35.6 Å². The lowest BCUT2D eigenvalue weighted by Gasteiger charge is -2.44. The third-order valence-electron chi connectivity index (χ3n) is 4.00. The molecule has 1 aliphatic rings. The number of methoxy groups -OCH3 is 1. The molecule has 0 aliphatic carbocycles. The highest BCUT2D eigenvalue weighted by Crippen LogP contribution is 2.28. The van der Waals surface area contributed by atoms with Crippen LogP contribution >= 0.6 is 0 Å². The van der Waals surface area contributed by atoms with Gasteiger partial charge < -0.3 is 34.0 Å². The van der Waals surface area contributed by atoms with Gasteiger partial charge in [-0.15, -0.1) is 0 Å². The van der Waals surface area contributed by atoms with Crippen LogP contribution in [0.5, 0.6) is 0 Å². The van der Waals surface area contributed by atoms with E-state index < -0.39 is 79.4 Å². The molecular formula is C18H25N3O11. The fourth-order valence-electron chi connectivity index (χ4n) is 2.86. The summed E-state index contributed by atoms with van der Waals surface area (Å²) >= 11 is 0. The van der Waals surface area contributed by atoms with E-state index in [-0.39, 0.29) is 0 Å². The molecule has 0 amide bonds. The largest absolute Gasteiger partial charge is 0.463 e. The molecule has 0 spiro atoms. The molecule has 1 rings (SSSR count). The van der Waals surface area contributed by atoms with Crippen molar-refractivity contribution in [2.24, 2.45) is 0 Å². The van der Waals surface area contributed by atoms with Crippen molar-refractivity contribution in [2.45, 2.75) is 58.3 Å². The van der Waals surface area contributed by atoms with Crippen molar-refractivity contribution < 1.29 is 57.2 Å². The van der Waals surface area contributed by atoms with Gasteiger partial charge in [0.1, 0.15) is 19.3 Å². The minimum atomic E-state index is -1.38. The average molecular weight is 459 g/mol. The summed E-state index contributed by atoms with van der Waals surface area (Å²) in [7, 11) is 1.07. The zero-order chi connectivity index (χ0) is 24.4. The highest BCUT2D eigenvalue weighted by Gasteiger charge is 2.52. The molecule has 1 fully saturated rings. The lowest BCUT2D eigenvalue weighted by Crippen LogP contribution is -2.66. The Morgan fingerprint density at radius 3 is 1.88 bits per heavy atom. The quantitative estimate of drug-likeness (QED) is 0.138. The molecule has 0 unspecified atom stereocenters. The normalized spacial score (nSPS) is 24.3. The number of nitrogens with zero attached hydrogens (tertiary/aromatic N) is 2. The van der Waals surface area contributed by atoms with Crippen molar-refractivity contribution in [3.05, 3.63) is 5.53 Å². The van der Waals surface area contributed by atoms with Crippen LogP contribution in [0.1, 0.15) is 27.7 Å². The Bertz CT molecular complexity index is 793. The van der Waals surface area contributed by atoms with E-state index in [1.807, 2.05) is 0 Å². The highest BCUT2D eigenvalue weighted by molar-refractivity contribution is 6.34. The third kappa shape index (κ3) is 8.06. The van der Waals surface area contributed by atoms with Crippen LogP contribution in [-0.4, -0.2) is 91.3 Å². The third-order valence-corrected chi connectivity index (χ3v) is 4.00. The Kier molecular flexibility index (Phi) is 10.4. The molecule has 1 saturated heterocycles. The second kappa shape index (κ2) is 12.5. The fourth-order valence-corrected chi connectivity index (χ4v) is 2.86. The van der Waals surface area contributed by atoms with Crippen LogP contribution in [0.25, 0.3) is 5.53 Å². The van der Waals surface area contributed by atoms with E-state index in [0.717, 1.165) is 34.8 Å². The standard InChI is InChI=1S/C18H25N3O11/c1-8(22)28-7-13-14(29-9(2)23)15(30-10(3)24)16(31-11(4)25)17(32-13)20-6-12(21-19)18(26)27-5/h13-17,20H,6-7H2,1-5H3/t13-,14-,15+,16-,17-/m1/s1.